The molecule has 0 aromatic heterocycles. The zero-order chi connectivity index (χ0) is 20.2. The molecule has 0 unspecified atom stereocenters. The Balaban J connectivity index is 2.51. The van der Waals surface area contributed by atoms with Gasteiger partial charge in [0.25, 0.3) is 0 Å². The van der Waals surface area contributed by atoms with Crippen molar-refractivity contribution in [2.45, 2.75) is 0 Å². The van der Waals surface area contributed by atoms with Crippen molar-refractivity contribution in [3.63, 3.8) is 0 Å². The molecule has 9 heteroatoms. The van der Waals surface area contributed by atoms with Crippen LogP contribution in [-0.4, -0.2) is 38.2 Å². The van der Waals surface area contributed by atoms with Gasteiger partial charge in [-0.15, -0.1) is 0 Å². The van der Waals surface area contributed by atoms with Crippen molar-refractivity contribution in [2.24, 2.45) is 0 Å². The molecule has 0 bridgehead atoms. The first-order valence-corrected chi connectivity index (χ1v) is 9.20. The molecule has 0 aliphatic carbocycles. The fraction of sp³-hybridized carbons (Fsp3) is 0.222. The number of methoxy groups -OCH3 is 4. The van der Waals surface area contributed by atoms with Gasteiger partial charge in [-0.25, -0.2) is 4.57 Å². The maximum atomic E-state index is 11.2. The number of phosphoric acid groups is 1. The highest BCUT2D eigenvalue weighted by molar-refractivity contribution is 7.46. The number of hydrogen-bond acceptors (Lipinski definition) is 6. The lowest BCUT2D eigenvalue weighted by molar-refractivity contribution is 0.276. The van der Waals surface area contributed by atoms with E-state index in [1.54, 1.807) is 18.2 Å². The standard InChI is InChI=1S/C18H21O8P/c1-11(13-9-16(23-3)18(25-5)17(10-13)24-4)12-6-7-14(22-2)15(8-12)26-27(19,20)21/h6-10H,1H2,2-5H3,(H2,19,20,21). The Morgan fingerprint density at radius 3 is 1.78 bits per heavy atom. The summed E-state index contributed by atoms with van der Waals surface area (Å²) in [6, 6.07) is 8.10. The normalized spacial score (nSPS) is 10.9. The third-order valence-electron chi connectivity index (χ3n) is 3.74. The molecule has 0 fully saturated rings. The Hall–Kier alpha value is -2.67. The van der Waals surface area contributed by atoms with Gasteiger partial charge in [-0.3, -0.25) is 9.79 Å². The minimum atomic E-state index is -4.75. The van der Waals surface area contributed by atoms with Crippen LogP contribution in [0.3, 0.4) is 0 Å². The fourth-order valence-corrected chi connectivity index (χ4v) is 2.88. The smallest absolute Gasteiger partial charge is 0.493 e. The van der Waals surface area contributed by atoms with E-state index in [0.29, 0.717) is 33.9 Å². The monoisotopic (exact) mass is 396 g/mol. The summed E-state index contributed by atoms with van der Waals surface area (Å²) in [4.78, 5) is 18.2. The van der Waals surface area contributed by atoms with Crippen molar-refractivity contribution in [3.05, 3.63) is 48.0 Å². The molecule has 146 valence electrons. The molecule has 0 amide bonds. The zero-order valence-electron chi connectivity index (χ0n) is 15.4. The molecule has 2 aromatic carbocycles. The number of phosphoric ester groups is 1. The Bertz CT molecular complexity index is 862. The summed E-state index contributed by atoms with van der Waals surface area (Å²) in [7, 11) is 1.13. The van der Waals surface area contributed by atoms with Crippen molar-refractivity contribution in [1.29, 1.82) is 0 Å². The summed E-state index contributed by atoms with van der Waals surface area (Å²) in [5.41, 5.74) is 1.78. The molecule has 0 aliphatic heterocycles. The van der Waals surface area contributed by atoms with Crippen LogP contribution in [0.4, 0.5) is 0 Å². The number of hydrogen-bond donors (Lipinski definition) is 2. The molecule has 8 nitrogen and oxygen atoms in total. The van der Waals surface area contributed by atoms with Crippen LogP contribution in [0.5, 0.6) is 28.7 Å². The minimum absolute atomic E-state index is 0.100. The average Bonchev–Trinajstić information content (AvgIpc) is 2.64. The molecular weight excluding hydrogens is 375 g/mol. The van der Waals surface area contributed by atoms with Gasteiger partial charge in [-0.05, 0) is 41.0 Å². The van der Waals surface area contributed by atoms with Crippen LogP contribution < -0.4 is 23.5 Å². The lowest BCUT2D eigenvalue weighted by atomic mass is 9.98. The second kappa shape index (κ2) is 8.35. The van der Waals surface area contributed by atoms with E-state index in [2.05, 4.69) is 6.58 Å². The molecule has 2 rings (SSSR count). The Kier molecular flexibility index (Phi) is 6.38. The van der Waals surface area contributed by atoms with E-state index in [-0.39, 0.29) is 11.5 Å². The Morgan fingerprint density at radius 1 is 0.815 bits per heavy atom. The number of rotatable bonds is 8. The van der Waals surface area contributed by atoms with Crippen LogP contribution in [0.2, 0.25) is 0 Å². The molecule has 0 saturated heterocycles. The van der Waals surface area contributed by atoms with E-state index in [4.69, 9.17) is 33.3 Å². The van der Waals surface area contributed by atoms with Crippen molar-refractivity contribution in [1.82, 2.24) is 0 Å². The molecular formula is C18H21O8P. The highest BCUT2D eigenvalue weighted by atomic mass is 31.2. The topological polar surface area (TPSA) is 104 Å². The molecule has 0 heterocycles. The Labute approximate surface area is 157 Å². The van der Waals surface area contributed by atoms with E-state index in [1.807, 2.05) is 0 Å². The van der Waals surface area contributed by atoms with Crippen LogP contribution in [-0.2, 0) is 4.57 Å². The van der Waals surface area contributed by atoms with E-state index >= 15 is 0 Å². The molecule has 0 aliphatic rings. The largest absolute Gasteiger partial charge is 0.524 e. The summed E-state index contributed by atoms with van der Waals surface area (Å²) in [5.74, 6) is 1.43. The van der Waals surface area contributed by atoms with Crippen molar-refractivity contribution in [3.8, 4) is 28.7 Å². The molecule has 2 aromatic rings. The quantitative estimate of drug-likeness (QED) is 0.656. The zero-order valence-corrected chi connectivity index (χ0v) is 16.3. The lowest BCUT2D eigenvalue weighted by Gasteiger charge is -2.16. The average molecular weight is 396 g/mol. The van der Waals surface area contributed by atoms with Crippen molar-refractivity contribution < 1.29 is 37.8 Å². The third kappa shape index (κ3) is 4.74. The van der Waals surface area contributed by atoms with Gasteiger partial charge in [0.1, 0.15) is 0 Å². The first-order valence-electron chi connectivity index (χ1n) is 7.67. The van der Waals surface area contributed by atoms with Crippen LogP contribution in [0.15, 0.2) is 36.9 Å². The van der Waals surface area contributed by atoms with E-state index in [0.717, 1.165) is 0 Å². The molecule has 27 heavy (non-hydrogen) atoms. The summed E-state index contributed by atoms with van der Waals surface area (Å²) in [6.45, 7) is 4.05. The summed E-state index contributed by atoms with van der Waals surface area (Å²) < 4.78 is 37.0. The first-order chi connectivity index (χ1) is 12.7. The second-order valence-corrected chi connectivity index (χ2v) is 6.50. The van der Waals surface area contributed by atoms with Gasteiger partial charge in [0.15, 0.2) is 23.0 Å². The second-order valence-electron chi connectivity index (χ2n) is 5.34. The van der Waals surface area contributed by atoms with Gasteiger partial charge in [0, 0.05) is 0 Å². The fourth-order valence-electron chi connectivity index (χ4n) is 2.49. The van der Waals surface area contributed by atoms with Crippen LogP contribution in [0.1, 0.15) is 11.1 Å². The summed E-state index contributed by atoms with van der Waals surface area (Å²) in [5, 5.41) is 0. The summed E-state index contributed by atoms with van der Waals surface area (Å²) in [6.07, 6.45) is 0. The van der Waals surface area contributed by atoms with Gasteiger partial charge >= 0.3 is 7.82 Å². The third-order valence-corrected chi connectivity index (χ3v) is 4.18. The predicted molar refractivity (Wildman–Crippen MR) is 99.9 cm³/mol. The molecule has 0 atom stereocenters. The predicted octanol–water partition coefficient (Wildman–Crippen LogP) is 3.25. The maximum absolute atomic E-state index is 11.2. The van der Waals surface area contributed by atoms with E-state index < -0.39 is 7.82 Å². The SMILES string of the molecule is C=C(c1ccc(OC)c(OP(=O)(O)O)c1)c1cc(OC)c(OC)c(OC)c1. The van der Waals surface area contributed by atoms with Gasteiger partial charge in [0.05, 0.1) is 28.4 Å². The van der Waals surface area contributed by atoms with Crippen molar-refractivity contribution >= 4 is 13.4 Å². The van der Waals surface area contributed by atoms with Crippen LogP contribution in [0, 0.1) is 0 Å². The van der Waals surface area contributed by atoms with Crippen LogP contribution >= 0.6 is 7.82 Å². The van der Waals surface area contributed by atoms with Gasteiger partial charge < -0.3 is 23.5 Å². The van der Waals surface area contributed by atoms with Gasteiger partial charge in [-0.1, -0.05) is 12.6 Å². The lowest BCUT2D eigenvalue weighted by Crippen LogP contribution is -1.98. The highest BCUT2D eigenvalue weighted by Crippen LogP contribution is 2.44. The molecule has 2 N–H and O–H groups in total. The maximum Gasteiger partial charge on any atom is 0.524 e. The molecule has 0 radical (unpaired) electrons. The first kappa shape index (κ1) is 20.6. The van der Waals surface area contributed by atoms with Gasteiger partial charge in [0.2, 0.25) is 5.75 Å². The Morgan fingerprint density at radius 2 is 1.33 bits per heavy atom. The van der Waals surface area contributed by atoms with Crippen LogP contribution in [0.25, 0.3) is 5.57 Å². The van der Waals surface area contributed by atoms with Gasteiger partial charge in [-0.2, -0.15) is 0 Å². The number of benzene rings is 2. The van der Waals surface area contributed by atoms with E-state index in [9.17, 15) is 4.57 Å². The number of ether oxygens (including phenoxy) is 4. The van der Waals surface area contributed by atoms with Crippen molar-refractivity contribution in [2.75, 3.05) is 28.4 Å². The summed E-state index contributed by atoms with van der Waals surface area (Å²) >= 11 is 0. The minimum Gasteiger partial charge on any atom is -0.493 e. The molecule has 0 saturated carbocycles. The molecule has 0 spiro atoms. The van der Waals surface area contributed by atoms with E-state index in [1.165, 1.54) is 40.6 Å². The highest BCUT2D eigenvalue weighted by Gasteiger charge is 2.21.